The first-order valence-corrected chi connectivity index (χ1v) is 6.23. The highest BCUT2D eigenvalue weighted by Crippen LogP contribution is 2.19. The van der Waals surface area contributed by atoms with Gasteiger partial charge in [0.25, 0.3) is 5.91 Å². The second-order valence-electron chi connectivity index (χ2n) is 3.89. The Morgan fingerprint density at radius 3 is 3.11 bits per heavy atom. The Hall–Kier alpha value is -2.21. The van der Waals surface area contributed by atoms with Gasteiger partial charge in [-0.3, -0.25) is 9.48 Å². The fourth-order valence-corrected chi connectivity index (χ4v) is 2.40. The summed E-state index contributed by atoms with van der Waals surface area (Å²) in [5.74, 6) is -0.140. The van der Waals surface area contributed by atoms with Gasteiger partial charge in [-0.15, -0.1) is 11.3 Å². The summed E-state index contributed by atoms with van der Waals surface area (Å²) in [7, 11) is 1.80. The van der Waals surface area contributed by atoms with Crippen molar-refractivity contribution >= 4 is 33.1 Å². The van der Waals surface area contributed by atoms with E-state index >= 15 is 0 Å². The topological polar surface area (TPSA) is 59.8 Å². The number of amides is 1. The number of benzene rings is 1. The molecule has 6 heteroatoms. The molecule has 2 heterocycles. The lowest BCUT2D eigenvalue weighted by molar-refractivity contribution is 0.102. The fourth-order valence-electron chi connectivity index (χ4n) is 1.69. The second-order valence-corrected chi connectivity index (χ2v) is 4.78. The molecular weight excluding hydrogens is 248 g/mol. The largest absolute Gasteiger partial charge is 0.319 e. The summed E-state index contributed by atoms with van der Waals surface area (Å²) < 4.78 is 2.65. The van der Waals surface area contributed by atoms with Crippen LogP contribution in [0.15, 0.2) is 36.1 Å². The first-order chi connectivity index (χ1) is 8.72. The SMILES string of the molecule is Cn1cc(NC(=O)c2ccc3ncsc3c2)cn1. The minimum atomic E-state index is -0.140. The summed E-state index contributed by atoms with van der Waals surface area (Å²) in [6.07, 6.45) is 3.37. The number of carbonyl (C=O) groups excluding carboxylic acids is 1. The zero-order chi connectivity index (χ0) is 12.5. The van der Waals surface area contributed by atoms with E-state index in [0.29, 0.717) is 11.3 Å². The zero-order valence-corrected chi connectivity index (χ0v) is 10.4. The van der Waals surface area contributed by atoms with E-state index in [0.717, 1.165) is 10.2 Å². The molecule has 90 valence electrons. The molecule has 1 amide bonds. The molecule has 0 atom stereocenters. The molecule has 0 unspecified atom stereocenters. The molecule has 2 aromatic heterocycles. The monoisotopic (exact) mass is 258 g/mol. The van der Waals surface area contributed by atoms with Crippen molar-refractivity contribution in [2.24, 2.45) is 7.05 Å². The van der Waals surface area contributed by atoms with Crippen LogP contribution in [0, 0.1) is 0 Å². The van der Waals surface area contributed by atoms with Gasteiger partial charge in [-0.2, -0.15) is 5.10 Å². The molecule has 3 rings (SSSR count). The van der Waals surface area contributed by atoms with Gasteiger partial charge in [0.15, 0.2) is 0 Å². The van der Waals surface area contributed by atoms with Crippen molar-refractivity contribution in [2.45, 2.75) is 0 Å². The molecule has 0 spiro atoms. The van der Waals surface area contributed by atoms with Gasteiger partial charge in [0.2, 0.25) is 0 Å². The third kappa shape index (κ3) is 1.98. The lowest BCUT2D eigenvalue weighted by atomic mass is 10.2. The number of anilines is 1. The Kier molecular flexibility index (Phi) is 2.56. The smallest absolute Gasteiger partial charge is 0.255 e. The number of rotatable bonds is 2. The molecule has 0 bridgehead atoms. The maximum absolute atomic E-state index is 12.0. The number of aromatic nitrogens is 3. The Bertz CT molecular complexity index is 716. The van der Waals surface area contributed by atoms with Crippen LogP contribution in [0.25, 0.3) is 10.2 Å². The summed E-state index contributed by atoms with van der Waals surface area (Å²) in [5, 5.41) is 6.80. The fraction of sp³-hybridized carbons (Fsp3) is 0.0833. The predicted octanol–water partition coefficient (Wildman–Crippen LogP) is 2.28. The molecule has 0 aliphatic heterocycles. The van der Waals surface area contributed by atoms with Gasteiger partial charge in [0, 0.05) is 18.8 Å². The van der Waals surface area contributed by atoms with Gasteiger partial charge in [-0.1, -0.05) is 0 Å². The van der Waals surface area contributed by atoms with Crippen LogP contribution in [0.4, 0.5) is 5.69 Å². The van der Waals surface area contributed by atoms with E-state index in [1.807, 2.05) is 12.1 Å². The Balaban J connectivity index is 1.87. The molecule has 1 N–H and O–H groups in total. The number of aryl methyl sites for hydroxylation is 1. The van der Waals surface area contributed by atoms with Crippen LogP contribution in [-0.2, 0) is 7.05 Å². The van der Waals surface area contributed by atoms with Crippen molar-refractivity contribution in [1.29, 1.82) is 0 Å². The van der Waals surface area contributed by atoms with E-state index in [-0.39, 0.29) is 5.91 Å². The molecule has 3 aromatic rings. The van der Waals surface area contributed by atoms with Gasteiger partial charge in [-0.25, -0.2) is 4.98 Å². The Morgan fingerprint density at radius 1 is 1.44 bits per heavy atom. The summed E-state index contributed by atoms with van der Waals surface area (Å²) in [6, 6.07) is 5.47. The Labute approximate surface area is 107 Å². The van der Waals surface area contributed by atoms with Crippen LogP contribution >= 0.6 is 11.3 Å². The second kappa shape index (κ2) is 4.23. The van der Waals surface area contributed by atoms with Gasteiger partial charge < -0.3 is 5.32 Å². The van der Waals surface area contributed by atoms with Crippen LogP contribution in [-0.4, -0.2) is 20.7 Å². The van der Waals surface area contributed by atoms with E-state index in [9.17, 15) is 4.79 Å². The highest BCUT2D eigenvalue weighted by molar-refractivity contribution is 7.16. The van der Waals surface area contributed by atoms with Gasteiger partial charge in [-0.05, 0) is 18.2 Å². The Morgan fingerprint density at radius 2 is 2.33 bits per heavy atom. The van der Waals surface area contributed by atoms with Crippen molar-refractivity contribution in [2.75, 3.05) is 5.32 Å². The van der Waals surface area contributed by atoms with Crippen molar-refractivity contribution < 1.29 is 4.79 Å². The molecule has 18 heavy (non-hydrogen) atoms. The number of fused-ring (bicyclic) bond motifs is 1. The zero-order valence-electron chi connectivity index (χ0n) is 9.62. The van der Waals surface area contributed by atoms with Crippen LogP contribution < -0.4 is 5.32 Å². The summed E-state index contributed by atoms with van der Waals surface area (Å²) >= 11 is 1.52. The van der Waals surface area contributed by atoms with E-state index in [2.05, 4.69) is 15.4 Å². The third-order valence-corrected chi connectivity index (χ3v) is 3.35. The van der Waals surface area contributed by atoms with Gasteiger partial charge in [0.05, 0.1) is 27.6 Å². The number of hydrogen-bond donors (Lipinski definition) is 1. The number of nitrogens with zero attached hydrogens (tertiary/aromatic N) is 3. The van der Waals surface area contributed by atoms with E-state index in [1.54, 1.807) is 35.7 Å². The van der Waals surface area contributed by atoms with Crippen LogP contribution in [0.1, 0.15) is 10.4 Å². The van der Waals surface area contributed by atoms with E-state index in [1.165, 1.54) is 11.3 Å². The van der Waals surface area contributed by atoms with Crippen molar-refractivity contribution in [3.05, 3.63) is 41.7 Å². The highest BCUT2D eigenvalue weighted by Gasteiger charge is 2.08. The minimum Gasteiger partial charge on any atom is -0.319 e. The van der Waals surface area contributed by atoms with Gasteiger partial charge >= 0.3 is 0 Å². The maximum Gasteiger partial charge on any atom is 0.255 e. The molecule has 5 nitrogen and oxygen atoms in total. The van der Waals surface area contributed by atoms with E-state index in [4.69, 9.17) is 0 Å². The number of carbonyl (C=O) groups is 1. The average Bonchev–Trinajstić information content (AvgIpc) is 2.96. The normalized spacial score (nSPS) is 10.7. The standard InChI is InChI=1S/C12H10N4OS/c1-16-6-9(5-14-16)15-12(17)8-2-3-10-11(4-8)18-7-13-10/h2-7H,1H3,(H,15,17). The molecular formula is C12H10N4OS. The average molecular weight is 258 g/mol. The number of hydrogen-bond acceptors (Lipinski definition) is 4. The van der Waals surface area contributed by atoms with Crippen molar-refractivity contribution in [3.8, 4) is 0 Å². The quantitative estimate of drug-likeness (QED) is 0.767. The molecule has 0 saturated carbocycles. The highest BCUT2D eigenvalue weighted by atomic mass is 32.1. The molecule has 1 aromatic carbocycles. The first kappa shape index (κ1) is 10.9. The number of nitrogens with one attached hydrogen (secondary N) is 1. The predicted molar refractivity (Wildman–Crippen MR) is 70.8 cm³/mol. The summed E-state index contributed by atoms with van der Waals surface area (Å²) in [4.78, 5) is 16.2. The molecule has 0 fully saturated rings. The third-order valence-electron chi connectivity index (χ3n) is 2.56. The van der Waals surface area contributed by atoms with Crippen molar-refractivity contribution in [3.63, 3.8) is 0 Å². The first-order valence-electron chi connectivity index (χ1n) is 5.35. The van der Waals surface area contributed by atoms with Crippen LogP contribution in [0.3, 0.4) is 0 Å². The van der Waals surface area contributed by atoms with Gasteiger partial charge in [0.1, 0.15) is 0 Å². The minimum absolute atomic E-state index is 0.140. The maximum atomic E-state index is 12.0. The molecule has 0 saturated heterocycles. The number of thiazole rings is 1. The molecule has 0 aliphatic rings. The lowest BCUT2D eigenvalue weighted by Gasteiger charge is -2.01. The summed E-state index contributed by atoms with van der Waals surface area (Å²) in [5.41, 5.74) is 3.99. The van der Waals surface area contributed by atoms with Crippen LogP contribution in [0.5, 0.6) is 0 Å². The van der Waals surface area contributed by atoms with E-state index < -0.39 is 0 Å². The molecule has 0 radical (unpaired) electrons. The molecule has 0 aliphatic carbocycles. The van der Waals surface area contributed by atoms with Crippen LogP contribution in [0.2, 0.25) is 0 Å². The van der Waals surface area contributed by atoms with Crippen molar-refractivity contribution in [1.82, 2.24) is 14.8 Å². The lowest BCUT2D eigenvalue weighted by Crippen LogP contribution is -2.11. The summed E-state index contributed by atoms with van der Waals surface area (Å²) in [6.45, 7) is 0.